The molecule has 2 nitrogen and oxygen atoms in total. The molecule has 1 aromatic heterocycles. The highest BCUT2D eigenvalue weighted by Crippen LogP contribution is 2.24. The molecule has 0 unspecified atom stereocenters. The lowest BCUT2D eigenvalue weighted by atomic mass is 10.3. The van der Waals surface area contributed by atoms with Crippen LogP contribution in [0.3, 0.4) is 0 Å². The fraction of sp³-hybridized carbons (Fsp3) is 0.250. The first-order valence-corrected chi connectivity index (χ1v) is 6.20. The largest absolute Gasteiger partial charge is 0.383 e. The van der Waals surface area contributed by atoms with Crippen LogP contribution in [0.4, 0.5) is 0 Å². The maximum Gasteiger partial charge on any atom is 0.263 e. The molecule has 0 amide bonds. The number of hydrogen-bond acceptors (Lipinski definition) is 2. The van der Waals surface area contributed by atoms with Gasteiger partial charge in [-0.2, -0.15) is 4.57 Å². The molecule has 4 heteroatoms. The normalized spacial score (nSPS) is 11.5. The number of thiazole rings is 1. The summed E-state index contributed by atoms with van der Waals surface area (Å²) in [6, 6.07) is 5.99. The van der Waals surface area contributed by atoms with E-state index in [4.69, 9.17) is 11.6 Å². The van der Waals surface area contributed by atoms with Crippen LogP contribution in [0.25, 0.3) is 16.3 Å². The van der Waals surface area contributed by atoms with E-state index in [0.29, 0.717) is 0 Å². The van der Waals surface area contributed by atoms with Crippen LogP contribution in [-0.4, -0.2) is 19.0 Å². The van der Waals surface area contributed by atoms with Crippen molar-refractivity contribution in [3.05, 3.63) is 34.4 Å². The number of hydrogen-bond donors (Lipinski definition) is 0. The quantitative estimate of drug-likeness (QED) is 0.747. The van der Waals surface area contributed by atoms with E-state index in [1.807, 2.05) is 37.3 Å². The molecule has 84 valence electrons. The average Bonchev–Trinajstić information content (AvgIpc) is 2.52. The van der Waals surface area contributed by atoms with Gasteiger partial charge in [0, 0.05) is 37.5 Å². The van der Waals surface area contributed by atoms with Crippen molar-refractivity contribution in [2.75, 3.05) is 14.1 Å². The third kappa shape index (κ3) is 2.20. The van der Waals surface area contributed by atoms with E-state index in [-0.39, 0.29) is 0 Å². The molecule has 0 atom stereocenters. The van der Waals surface area contributed by atoms with Gasteiger partial charge < -0.3 is 4.90 Å². The molecule has 0 aliphatic heterocycles. The summed E-state index contributed by atoms with van der Waals surface area (Å²) in [6.07, 6.45) is 4.16. The Balaban J connectivity index is 2.51. The van der Waals surface area contributed by atoms with Crippen molar-refractivity contribution in [1.82, 2.24) is 4.90 Å². The van der Waals surface area contributed by atoms with Gasteiger partial charge >= 0.3 is 0 Å². The van der Waals surface area contributed by atoms with Crippen LogP contribution in [0.2, 0.25) is 5.02 Å². The zero-order valence-electron chi connectivity index (χ0n) is 9.57. The van der Waals surface area contributed by atoms with Crippen molar-refractivity contribution in [3.8, 4) is 0 Å². The van der Waals surface area contributed by atoms with Crippen LogP contribution in [0, 0.1) is 0 Å². The zero-order valence-corrected chi connectivity index (χ0v) is 11.1. The van der Waals surface area contributed by atoms with Crippen molar-refractivity contribution in [1.29, 1.82) is 0 Å². The summed E-state index contributed by atoms with van der Waals surface area (Å²) in [5.74, 6) is 0. The molecule has 0 saturated heterocycles. The van der Waals surface area contributed by atoms with Crippen molar-refractivity contribution < 1.29 is 4.57 Å². The highest BCUT2D eigenvalue weighted by atomic mass is 35.5. The van der Waals surface area contributed by atoms with Crippen LogP contribution in [-0.2, 0) is 7.05 Å². The highest BCUT2D eigenvalue weighted by molar-refractivity contribution is 7.18. The summed E-state index contributed by atoms with van der Waals surface area (Å²) < 4.78 is 3.39. The molecule has 0 aliphatic rings. The number of aromatic nitrogens is 1. The third-order valence-electron chi connectivity index (χ3n) is 2.34. The molecule has 2 rings (SSSR count). The molecule has 1 heterocycles. The fourth-order valence-electron chi connectivity index (χ4n) is 1.51. The maximum atomic E-state index is 5.98. The Morgan fingerprint density at radius 3 is 2.81 bits per heavy atom. The molecule has 0 radical (unpaired) electrons. The van der Waals surface area contributed by atoms with Crippen LogP contribution in [0.1, 0.15) is 5.01 Å². The SMILES string of the molecule is CN(C)/C=C/c1sc2cc(Cl)ccc2[n+]1C. The van der Waals surface area contributed by atoms with Crippen LogP contribution < -0.4 is 4.57 Å². The maximum absolute atomic E-state index is 5.98. The molecule has 0 spiro atoms. The lowest BCUT2D eigenvalue weighted by Crippen LogP contribution is -2.28. The summed E-state index contributed by atoms with van der Waals surface area (Å²) in [6.45, 7) is 0. The van der Waals surface area contributed by atoms with Gasteiger partial charge in [0.15, 0.2) is 0 Å². The van der Waals surface area contributed by atoms with Gasteiger partial charge in [0.1, 0.15) is 11.7 Å². The molecule has 0 saturated carbocycles. The lowest BCUT2D eigenvalue weighted by molar-refractivity contribution is -0.642. The van der Waals surface area contributed by atoms with E-state index in [0.717, 1.165) is 5.02 Å². The molecular formula is C12H14ClN2S+. The number of benzene rings is 1. The standard InChI is InChI=1S/C12H14ClN2S/c1-14(2)7-6-12-15(3)10-5-4-9(13)8-11(10)16-12/h4-8H,1-3H3/q+1. The van der Waals surface area contributed by atoms with Crippen LogP contribution in [0.5, 0.6) is 0 Å². The Morgan fingerprint density at radius 1 is 1.38 bits per heavy atom. The number of rotatable bonds is 2. The second-order valence-electron chi connectivity index (χ2n) is 3.89. The van der Waals surface area contributed by atoms with Crippen molar-refractivity contribution in [2.24, 2.45) is 7.05 Å². The van der Waals surface area contributed by atoms with Crippen molar-refractivity contribution in [3.63, 3.8) is 0 Å². The number of halogens is 1. The summed E-state index contributed by atoms with van der Waals surface area (Å²) in [5.41, 5.74) is 1.22. The van der Waals surface area contributed by atoms with Crippen molar-refractivity contribution in [2.45, 2.75) is 0 Å². The number of nitrogens with zero attached hydrogens (tertiary/aromatic N) is 2. The van der Waals surface area contributed by atoms with E-state index >= 15 is 0 Å². The molecule has 0 N–H and O–H groups in total. The molecule has 0 aliphatic carbocycles. The minimum Gasteiger partial charge on any atom is -0.383 e. The molecular weight excluding hydrogens is 240 g/mol. The van der Waals surface area contributed by atoms with E-state index < -0.39 is 0 Å². The first-order valence-electron chi connectivity index (χ1n) is 5.00. The first kappa shape index (κ1) is 11.4. The van der Waals surface area contributed by atoms with Gasteiger partial charge in [-0.05, 0) is 12.1 Å². The second kappa shape index (κ2) is 4.44. The van der Waals surface area contributed by atoms with Gasteiger partial charge in [-0.1, -0.05) is 22.9 Å². The first-order chi connectivity index (χ1) is 7.58. The topological polar surface area (TPSA) is 7.12 Å². The fourth-order valence-corrected chi connectivity index (χ4v) is 2.83. The number of aryl methyl sites for hydroxylation is 1. The minimum atomic E-state index is 0.789. The summed E-state index contributed by atoms with van der Waals surface area (Å²) in [4.78, 5) is 2.03. The summed E-state index contributed by atoms with van der Waals surface area (Å²) in [5, 5.41) is 2.00. The highest BCUT2D eigenvalue weighted by Gasteiger charge is 2.14. The predicted octanol–water partition coefficient (Wildman–Crippen LogP) is 2.91. The van der Waals surface area contributed by atoms with Gasteiger partial charge in [0.05, 0.1) is 0 Å². The molecule has 16 heavy (non-hydrogen) atoms. The zero-order chi connectivity index (χ0) is 11.7. The Bertz CT molecular complexity index is 543. The molecule has 2 aromatic rings. The third-order valence-corrected chi connectivity index (χ3v) is 3.74. The lowest BCUT2D eigenvalue weighted by Gasteiger charge is -2.00. The molecule has 0 bridgehead atoms. The van der Waals surface area contributed by atoms with Gasteiger partial charge in [-0.15, -0.1) is 0 Å². The van der Waals surface area contributed by atoms with Gasteiger partial charge in [-0.3, -0.25) is 0 Å². The van der Waals surface area contributed by atoms with Crippen LogP contribution >= 0.6 is 22.9 Å². The predicted molar refractivity (Wildman–Crippen MR) is 70.7 cm³/mol. The van der Waals surface area contributed by atoms with E-state index in [9.17, 15) is 0 Å². The second-order valence-corrected chi connectivity index (χ2v) is 5.39. The Kier molecular flexibility index (Phi) is 3.17. The van der Waals surface area contributed by atoms with Gasteiger partial charge in [0.2, 0.25) is 5.52 Å². The molecule has 0 fully saturated rings. The monoisotopic (exact) mass is 253 g/mol. The van der Waals surface area contributed by atoms with Gasteiger partial charge in [-0.25, -0.2) is 0 Å². The van der Waals surface area contributed by atoms with E-state index in [1.165, 1.54) is 15.2 Å². The van der Waals surface area contributed by atoms with Crippen molar-refractivity contribution >= 4 is 39.2 Å². The molecule has 1 aromatic carbocycles. The Morgan fingerprint density at radius 2 is 2.12 bits per heavy atom. The van der Waals surface area contributed by atoms with Crippen LogP contribution in [0.15, 0.2) is 24.4 Å². The number of fused-ring (bicyclic) bond motifs is 1. The Labute approximate surface area is 104 Å². The smallest absolute Gasteiger partial charge is 0.263 e. The minimum absolute atomic E-state index is 0.789. The Hall–Kier alpha value is -1.06. The summed E-state index contributed by atoms with van der Waals surface area (Å²) in [7, 11) is 6.10. The average molecular weight is 254 g/mol. The summed E-state index contributed by atoms with van der Waals surface area (Å²) >= 11 is 7.72. The van der Waals surface area contributed by atoms with E-state index in [2.05, 4.69) is 23.8 Å². The van der Waals surface area contributed by atoms with E-state index in [1.54, 1.807) is 11.3 Å². The van der Waals surface area contributed by atoms with Gasteiger partial charge in [0.25, 0.3) is 5.01 Å².